The van der Waals surface area contributed by atoms with E-state index in [1.165, 1.54) is 0 Å². The summed E-state index contributed by atoms with van der Waals surface area (Å²) >= 11 is 1.65. The second-order valence-electron chi connectivity index (χ2n) is 5.23. The molecule has 0 atom stereocenters. The number of aromatic nitrogens is 1. The molecule has 0 bridgehead atoms. The molecule has 3 aromatic rings. The fourth-order valence-corrected chi connectivity index (χ4v) is 2.99. The van der Waals surface area contributed by atoms with E-state index in [4.69, 9.17) is 4.74 Å². The molecule has 0 aliphatic heterocycles. The molecule has 0 radical (unpaired) electrons. The van der Waals surface area contributed by atoms with Gasteiger partial charge >= 0.3 is 0 Å². The van der Waals surface area contributed by atoms with Crippen LogP contribution in [0.5, 0.6) is 5.75 Å². The average Bonchev–Trinajstić information content (AvgIpc) is 3.16. The van der Waals surface area contributed by atoms with Crippen molar-refractivity contribution in [2.75, 3.05) is 6.61 Å². The van der Waals surface area contributed by atoms with Gasteiger partial charge in [0.05, 0.1) is 6.61 Å². The maximum absolute atomic E-state index is 12.2. The van der Waals surface area contributed by atoms with Crippen LogP contribution >= 0.6 is 11.3 Å². The Morgan fingerprint density at radius 3 is 2.71 bits per heavy atom. The Kier molecular flexibility index (Phi) is 5.23. The number of rotatable bonds is 6. The fourth-order valence-electron chi connectivity index (χ4n) is 2.32. The predicted octanol–water partition coefficient (Wildman–Crippen LogP) is 4.14. The smallest absolute Gasteiger partial charge is 0.251 e. The van der Waals surface area contributed by atoms with Crippen molar-refractivity contribution < 1.29 is 9.53 Å². The van der Waals surface area contributed by atoms with Crippen LogP contribution in [0, 0.1) is 0 Å². The third-order valence-electron chi connectivity index (χ3n) is 3.53. The molecule has 4 nitrogen and oxygen atoms in total. The maximum atomic E-state index is 12.2. The quantitative estimate of drug-likeness (QED) is 0.735. The number of benzene rings is 1. The maximum Gasteiger partial charge on any atom is 0.251 e. The minimum absolute atomic E-state index is 0.112. The molecule has 2 aromatic heterocycles. The van der Waals surface area contributed by atoms with Gasteiger partial charge in [-0.2, -0.15) is 11.3 Å². The standard InChI is InChI=1S/C19H18N2O2S/c1-2-23-18-5-3-15(4-6-18)19(22)21-11-14-9-17(12-20-10-14)16-7-8-24-13-16/h3-10,12-13H,2,11H2,1H3,(H,21,22). The first-order chi connectivity index (χ1) is 11.8. The van der Waals surface area contributed by atoms with E-state index in [1.54, 1.807) is 41.8 Å². The van der Waals surface area contributed by atoms with Gasteiger partial charge in [-0.25, -0.2) is 0 Å². The first-order valence-electron chi connectivity index (χ1n) is 7.74. The lowest BCUT2D eigenvalue weighted by Gasteiger charge is -2.08. The number of carbonyl (C=O) groups excluding carboxylic acids is 1. The van der Waals surface area contributed by atoms with Crippen LogP contribution in [0.15, 0.2) is 59.6 Å². The van der Waals surface area contributed by atoms with E-state index in [-0.39, 0.29) is 5.91 Å². The first kappa shape index (κ1) is 16.2. The van der Waals surface area contributed by atoms with Crippen LogP contribution in [0.25, 0.3) is 11.1 Å². The van der Waals surface area contributed by atoms with Crippen molar-refractivity contribution in [1.82, 2.24) is 10.3 Å². The number of ether oxygens (including phenoxy) is 1. The molecular weight excluding hydrogens is 320 g/mol. The van der Waals surface area contributed by atoms with E-state index < -0.39 is 0 Å². The summed E-state index contributed by atoms with van der Waals surface area (Å²) in [5, 5.41) is 7.04. The number of hydrogen-bond acceptors (Lipinski definition) is 4. The summed E-state index contributed by atoms with van der Waals surface area (Å²) in [7, 11) is 0. The lowest BCUT2D eigenvalue weighted by atomic mass is 10.1. The lowest BCUT2D eigenvalue weighted by molar-refractivity contribution is 0.0951. The van der Waals surface area contributed by atoms with Crippen LogP contribution in [0.1, 0.15) is 22.8 Å². The van der Waals surface area contributed by atoms with Crippen molar-refractivity contribution in [1.29, 1.82) is 0 Å². The molecule has 24 heavy (non-hydrogen) atoms. The van der Waals surface area contributed by atoms with E-state index in [9.17, 15) is 4.79 Å². The van der Waals surface area contributed by atoms with Crippen LogP contribution in [0.2, 0.25) is 0 Å². The summed E-state index contributed by atoms with van der Waals surface area (Å²) in [5.74, 6) is 0.653. The average molecular weight is 338 g/mol. The summed E-state index contributed by atoms with van der Waals surface area (Å²) < 4.78 is 5.38. The van der Waals surface area contributed by atoms with E-state index >= 15 is 0 Å². The van der Waals surface area contributed by atoms with Gasteiger partial charge in [-0.15, -0.1) is 0 Å². The Morgan fingerprint density at radius 1 is 1.17 bits per heavy atom. The van der Waals surface area contributed by atoms with Crippen molar-refractivity contribution in [3.8, 4) is 16.9 Å². The molecule has 0 saturated carbocycles. The highest BCUT2D eigenvalue weighted by Gasteiger charge is 2.06. The van der Waals surface area contributed by atoms with Crippen molar-refractivity contribution in [2.45, 2.75) is 13.5 Å². The van der Waals surface area contributed by atoms with Crippen LogP contribution in [-0.4, -0.2) is 17.5 Å². The molecule has 0 aliphatic rings. The molecule has 5 heteroatoms. The second kappa shape index (κ2) is 7.75. The zero-order chi connectivity index (χ0) is 16.8. The molecule has 0 saturated heterocycles. The van der Waals surface area contributed by atoms with Gasteiger partial charge in [0.25, 0.3) is 5.91 Å². The highest BCUT2D eigenvalue weighted by Crippen LogP contribution is 2.22. The van der Waals surface area contributed by atoms with Crippen LogP contribution in [0.3, 0.4) is 0 Å². The number of pyridine rings is 1. The number of nitrogens with zero attached hydrogens (tertiary/aromatic N) is 1. The molecule has 0 spiro atoms. The number of carbonyl (C=O) groups is 1. The highest BCUT2D eigenvalue weighted by atomic mass is 32.1. The van der Waals surface area contributed by atoms with E-state index in [2.05, 4.69) is 21.7 Å². The molecule has 3 rings (SSSR count). The summed E-state index contributed by atoms with van der Waals surface area (Å²) in [6, 6.07) is 11.2. The van der Waals surface area contributed by atoms with Gasteiger partial charge in [-0.3, -0.25) is 9.78 Å². The van der Waals surface area contributed by atoms with Gasteiger partial charge in [0.1, 0.15) is 5.75 Å². The van der Waals surface area contributed by atoms with Gasteiger partial charge in [0.2, 0.25) is 0 Å². The normalized spacial score (nSPS) is 10.4. The van der Waals surface area contributed by atoms with Crippen LogP contribution in [-0.2, 0) is 6.54 Å². The van der Waals surface area contributed by atoms with Crippen LogP contribution in [0.4, 0.5) is 0 Å². The molecular formula is C19H18N2O2S. The van der Waals surface area contributed by atoms with Gasteiger partial charge in [0, 0.05) is 30.1 Å². The fraction of sp³-hybridized carbons (Fsp3) is 0.158. The predicted molar refractivity (Wildman–Crippen MR) is 96.3 cm³/mol. The Labute approximate surface area is 145 Å². The van der Waals surface area contributed by atoms with Gasteiger partial charge < -0.3 is 10.1 Å². The van der Waals surface area contributed by atoms with Crippen LogP contribution < -0.4 is 10.1 Å². The third kappa shape index (κ3) is 4.00. The highest BCUT2D eigenvalue weighted by molar-refractivity contribution is 7.08. The van der Waals surface area contributed by atoms with E-state index in [1.807, 2.05) is 24.6 Å². The van der Waals surface area contributed by atoms with Crippen molar-refractivity contribution >= 4 is 17.2 Å². The molecule has 0 unspecified atom stereocenters. The first-order valence-corrected chi connectivity index (χ1v) is 8.68. The Balaban J connectivity index is 1.63. The molecule has 1 aromatic carbocycles. The zero-order valence-corrected chi connectivity index (χ0v) is 14.2. The topological polar surface area (TPSA) is 51.2 Å². The molecule has 0 aliphatic carbocycles. The van der Waals surface area contributed by atoms with Crippen molar-refractivity contribution in [3.05, 3.63) is 70.7 Å². The molecule has 2 heterocycles. The van der Waals surface area contributed by atoms with Crippen molar-refractivity contribution in [2.24, 2.45) is 0 Å². The Bertz CT molecular complexity index is 798. The molecule has 1 amide bonds. The van der Waals surface area contributed by atoms with Gasteiger partial charge in [-0.1, -0.05) is 0 Å². The number of hydrogen-bond donors (Lipinski definition) is 1. The van der Waals surface area contributed by atoms with E-state index in [0.29, 0.717) is 18.7 Å². The third-order valence-corrected chi connectivity index (χ3v) is 4.21. The Hall–Kier alpha value is -2.66. The number of thiophene rings is 1. The van der Waals surface area contributed by atoms with Gasteiger partial charge in [0.15, 0.2) is 0 Å². The zero-order valence-electron chi connectivity index (χ0n) is 13.4. The Morgan fingerprint density at radius 2 is 2.00 bits per heavy atom. The number of amides is 1. The summed E-state index contributed by atoms with van der Waals surface area (Å²) in [4.78, 5) is 16.5. The second-order valence-corrected chi connectivity index (χ2v) is 6.01. The minimum atomic E-state index is -0.112. The SMILES string of the molecule is CCOc1ccc(C(=O)NCc2cncc(-c3ccsc3)c2)cc1. The summed E-state index contributed by atoms with van der Waals surface area (Å²) in [6.45, 7) is 2.98. The molecule has 122 valence electrons. The minimum Gasteiger partial charge on any atom is -0.494 e. The summed E-state index contributed by atoms with van der Waals surface area (Å²) in [5.41, 5.74) is 3.79. The van der Waals surface area contributed by atoms with E-state index in [0.717, 1.165) is 22.4 Å². The lowest BCUT2D eigenvalue weighted by Crippen LogP contribution is -2.22. The van der Waals surface area contributed by atoms with Crippen molar-refractivity contribution in [3.63, 3.8) is 0 Å². The molecule has 1 N–H and O–H groups in total. The molecule has 0 fully saturated rings. The number of nitrogens with one attached hydrogen (secondary N) is 1. The monoisotopic (exact) mass is 338 g/mol. The largest absolute Gasteiger partial charge is 0.494 e. The van der Waals surface area contributed by atoms with Gasteiger partial charge in [-0.05, 0) is 65.2 Å². The summed E-state index contributed by atoms with van der Waals surface area (Å²) in [6.07, 6.45) is 3.61.